The summed E-state index contributed by atoms with van der Waals surface area (Å²) in [5.41, 5.74) is 2.72. The molecule has 1 aliphatic heterocycles. The normalized spacial score (nSPS) is 14.8. The van der Waals surface area contributed by atoms with Crippen molar-refractivity contribution in [3.63, 3.8) is 0 Å². The Labute approximate surface area is 330 Å². The first kappa shape index (κ1) is 40.7. The number of carboxylic acids is 1. The largest absolute Gasteiger partial charge is 0.496 e. The van der Waals surface area contributed by atoms with E-state index in [0.717, 1.165) is 10.5 Å². The Morgan fingerprint density at radius 2 is 1.58 bits per heavy atom. The number of nitrogens with zero attached hydrogens (tertiary/aromatic N) is 2. The van der Waals surface area contributed by atoms with Gasteiger partial charge in [0.25, 0.3) is 0 Å². The second-order valence-electron chi connectivity index (χ2n) is 12.8. The van der Waals surface area contributed by atoms with Crippen LogP contribution in [-0.4, -0.2) is 79.3 Å². The molecule has 0 aliphatic carbocycles. The summed E-state index contributed by atoms with van der Waals surface area (Å²) in [6.45, 7) is 2.20. The van der Waals surface area contributed by atoms with Crippen LogP contribution in [0.1, 0.15) is 52.0 Å². The summed E-state index contributed by atoms with van der Waals surface area (Å²) in [6, 6.07) is 21.5. The molecule has 0 saturated carbocycles. The van der Waals surface area contributed by atoms with Crippen LogP contribution in [0.2, 0.25) is 5.02 Å². The van der Waals surface area contributed by atoms with E-state index < -0.39 is 29.9 Å². The number of carbonyl (C=O) groups excluding carboxylic acids is 2. The number of imide groups is 1. The van der Waals surface area contributed by atoms with Gasteiger partial charge >= 0.3 is 12.0 Å². The second-order valence-corrected chi connectivity index (χ2v) is 13.7. The van der Waals surface area contributed by atoms with Crippen LogP contribution in [0.15, 0.2) is 78.9 Å². The number of benzene rings is 4. The summed E-state index contributed by atoms with van der Waals surface area (Å²) in [6.07, 6.45) is 0.583. The van der Waals surface area contributed by atoms with E-state index in [9.17, 15) is 19.5 Å². The molecule has 0 radical (unpaired) electrons. The quantitative estimate of drug-likeness (QED) is 0.117. The fourth-order valence-electron chi connectivity index (χ4n) is 6.49. The summed E-state index contributed by atoms with van der Waals surface area (Å²) < 4.78 is 28.3. The number of halogens is 1. The zero-order valence-corrected chi connectivity index (χ0v) is 32.9. The first-order valence-electron chi connectivity index (χ1n) is 17.5. The molecular weight excluding hydrogens is 746 g/mol. The highest BCUT2D eigenvalue weighted by molar-refractivity contribution is 7.80. The highest BCUT2D eigenvalue weighted by Crippen LogP contribution is 2.36. The monoisotopic (exact) mass is 789 g/mol. The first-order chi connectivity index (χ1) is 26.5. The number of hydrogen-bond donors (Lipinski definition) is 2. The minimum Gasteiger partial charge on any atom is -0.496 e. The first-order valence-corrected chi connectivity index (χ1v) is 18.3. The lowest BCUT2D eigenvalue weighted by molar-refractivity contribution is -0.131. The molecule has 5 rings (SSSR count). The Morgan fingerprint density at radius 1 is 0.909 bits per heavy atom. The van der Waals surface area contributed by atoms with Gasteiger partial charge in [0.15, 0.2) is 0 Å². The zero-order chi connectivity index (χ0) is 39.6. The molecule has 2 atom stereocenters. The van der Waals surface area contributed by atoms with Gasteiger partial charge in [0.2, 0.25) is 5.91 Å². The van der Waals surface area contributed by atoms with Crippen molar-refractivity contribution < 1.29 is 43.2 Å². The Hall–Kier alpha value is -5.53. The maximum absolute atomic E-state index is 14.5. The molecule has 55 heavy (non-hydrogen) atoms. The van der Waals surface area contributed by atoms with Gasteiger partial charge in [0.05, 0.1) is 64.0 Å². The van der Waals surface area contributed by atoms with Crippen molar-refractivity contribution >= 4 is 46.7 Å². The van der Waals surface area contributed by atoms with Gasteiger partial charge in [-0.1, -0.05) is 67.1 Å². The Kier molecular flexibility index (Phi) is 13.8. The maximum Gasteiger partial charge on any atom is 0.339 e. The highest BCUT2D eigenvalue weighted by atomic mass is 35.5. The summed E-state index contributed by atoms with van der Waals surface area (Å²) in [7, 11) is 6.16. The third kappa shape index (κ3) is 9.78. The van der Waals surface area contributed by atoms with Crippen LogP contribution in [0.25, 0.3) is 0 Å². The number of ether oxygens (including phenoxy) is 5. The molecule has 0 spiro atoms. The Bertz CT molecular complexity index is 2000. The number of hydrogen-bond acceptors (Lipinski definition) is 9. The number of nitrogens with one attached hydrogen (secondary N) is 1. The van der Waals surface area contributed by atoms with Crippen LogP contribution in [-0.2, 0) is 24.4 Å². The van der Waals surface area contributed by atoms with E-state index in [1.807, 2.05) is 42.2 Å². The molecule has 4 aromatic carbocycles. The van der Waals surface area contributed by atoms with E-state index in [1.54, 1.807) is 49.6 Å². The number of urea groups is 1. The molecule has 3 amide bonds. The zero-order valence-electron chi connectivity index (χ0n) is 31.3. The van der Waals surface area contributed by atoms with E-state index in [2.05, 4.69) is 5.32 Å². The fraction of sp³-hybridized carbons (Fsp3) is 0.317. The smallest absolute Gasteiger partial charge is 0.339 e. The van der Waals surface area contributed by atoms with Crippen molar-refractivity contribution in [3.05, 3.63) is 112 Å². The van der Waals surface area contributed by atoms with Crippen molar-refractivity contribution in [2.75, 3.05) is 41.5 Å². The third-order valence-corrected chi connectivity index (χ3v) is 10.0. The molecule has 14 heteroatoms. The van der Waals surface area contributed by atoms with Gasteiger partial charge in [-0.05, 0) is 59.9 Å². The van der Waals surface area contributed by atoms with Crippen LogP contribution < -0.4 is 29.0 Å². The van der Waals surface area contributed by atoms with E-state index in [4.69, 9.17) is 47.5 Å². The van der Waals surface area contributed by atoms with Gasteiger partial charge in [-0.2, -0.15) is 0 Å². The van der Waals surface area contributed by atoms with Crippen LogP contribution in [0.4, 0.5) is 4.79 Å². The lowest BCUT2D eigenvalue weighted by atomic mass is 9.96. The molecule has 12 nitrogen and oxygen atoms in total. The summed E-state index contributed by atoms with van der Waals surface area (Å²) in [4.78, 5) is 44.3. The summed E-state index contributed by atoms with van der Waals surface area (Å²) in [5.74, 6) is -0.128. The fourth-order valence-corrected chi connectivity index (χ4v) is 6.96. The van der Waals surface area contributed by atoms with E-state index >= 15 is 0 Å². The standard InChI is InChI=1S/C41H44ClN3O9S/c1-6-33(26-12-14-35(31(18-26)40(47)48)54-24-25-10-8-7-9-11-25)43-41(49)45-23-38(55)44(22-32-36(52-4)19-30(50-2)20-37(32)53-5)21-28(39(45)46)16-27-17-29(42)13-15-34(27)51-3/h7-15,17-20,28,33H,6,16,21-24H2,1-5H3,(H,43,49)(H,47,48)/t28-,33-/m1/s1. The topological polar surface area (TPSA) is 136 Å². The maximum atomic E-state index is 14.5. The molecule has 1 saturated heterocycles. The lowest BCUT2D eigenvalue weighted by Gasteiger charge is -2.27. The summed E-state index contributed by atoms with van der Waals surface area (Å²) in [5, 5.41) is 13.5. The molecule has 0 unspecified atom stereocenters. The summed E-state index contributed by atoms with van der Waals surface area (Å²) >= 11 is 12.3. The van der Waals surface area contributed by atoms with Gasteiger partial charge in [0, 0.05) is 23.7 Å². The average molecular weight is 790 g/mol. The molecule has 0 aromatic heterocycles. The number of methoxy groups -OCH3 is 4. The third-order valence-electron chi connectivity index (χ3n) is 9.40. The van der Waals surface area contributed by atoms with Gasteiger partial charge < -0.3 is 39.0 Å². The lowest BCUT2D eigenvalue weighted by Crippen LogP contribution is -2.48. The Morgan fingerprint density at radius 3 is 2.20 bits per heavy atom. The van der Waals surface area contributed by atoms with E-state index in [0.29, 0.717) is 56.1 Å². The van der Waals surface area contributed by atoms with E-state index in [1.165, 1.54) is 27.4 Å². The van der Waals surface area contributed by atoms with Crippen LogP contribution in [0.5, 0.6) is 28.7 Å². The number of rotatable bonds is 15. The van der Waals surface area contributed by atoms with Gasteiger partial charge in [-0.15, -0.1) is 0 Å². The Balaban J connectivity index is 1.45. The van der Waals surface area contributed by atoms with Crippen molar-refractivity contribution in [1.29, 1.82) is 0 Å². The van der Waals surface area contributed by atoms with Crippen molar-refractivity contribution in [1.82, 2.24) is 15.1 Å². The molecule has 1 aliphatic rings. The van der Waals surface area contributed by atoms with Crippen LogP contribution >= 0.6 is 23.8 Å². The van der Waals surface area contributed by atoms with Crippen molar-refractivity contribution in [3.8, 4) is 28.7 Å². The minimum atomic E-state index is -1.18. The molecule has 1 heterocycles. The highest BCUT2D eigenvalue weighted by Gasteiger charge is 2.38. The molecule has 1 fully saturated rings. The van der Waals surface area contributed by atoms with Crippen molar-refractivity contribution in [2.45, 2.75) is 39.0 Å². The number of thiocarbonyl (C=S) groups is 1. The van der Waals surface area contributed by atoms with E-state index in [-0.39, 0.29) is 44.0 Å². The number of carboxylic acid groups (broad SMARTS) is 1. The van der Waals surface area contributed by atoms with Crippen LogP contribution in [0, 0.1) is 5.92 Å². The van der Waals surface area contributed by atoms with Gasteiger partial charge in [-0.3, -0.25) is 9.69 Å². The average Bonchev–Trinajstić information content (AvgIpc) is 3.31. The minimum absolute atomic E-state index is 0.0521. The van der Waals surface area contributed by atoms with Gasteiger partial charge in [0.1, 0.15) is 40.9 Å². The molecule has 290 valence electrons. The predicted molar refractivity (Wildman–Crippen MR) is 212 cm³/mol. The number of aromatic carboxylic acids is 1. The molecule has 2 N–H and O–H groups in total. The molecule has 0 bridgehead atoms. The van der Waals surface area contributed by atoms with Crippen molar-refractivity contribution in [2.24, 2.45) is 5.92 Å². The molecular formula is C41H44ClN3O9S. The van der Waals surface area contributed by atoms with Crippen LogP contribution in [0.3, 0.4) is 0 Å². The van der Waals surface area contributed by atoms with Gasteiger partial charge in [-0.25, -0.2) is 9.59 Å². The second kappa shape index (κ2) is 18.7. The number of amides is 3. The number of carbonyl (C=O) groups is 3. The molecule has 4 aromatic rings. The predicted octanol–water partition coefficient (Wildman–Crippen LogP) is 7.34. The SMILES string of the molecule is CC[C@@H](NC(=O)N1CC(=S)N(Cc2c(OC)cc(OC)cc2OC)C[C@@H](Cc2cc(Cl)ccc2OC)C1=O)c1ccc(OCc2ccccc2)c(C(=O)O)c1.